The average Bonchev–Trinajstić information content (AvgIpc) is 2.62. The molecule has 2 aromatic carbocycles. The minimum Gasteiger partial charge on any atom is -0.325 e. The first-order valence-electron chi connectivity index (χ1n) is 7.86. The lowest BCUT2D eigenvalue weighted by molar-refractivity contribution is -0.113. The van der Waals surface area contributed by atoms with Crippen LogP contribution in [0.5, 0.6) is 0 Å². The van der Waals surface area contributed by atoms with Gasteiger partial charge in [-0.2, -0.15) is 0 Å². The van der Waals surface area contributed by atoms with Gasteiger partial charge in [0.05, 0.1) is 5.75 Å². The number of rotatable bonds is 5. The van der Waals surface area contributed by atoms with Crippen LogP contribution < -0.4 is 10.9 Å². The Morgan fingerprint density at radius 1 is 1.23 bits per heavy atom. The number of nitrogens with zero attached hydrogens (tertiary/aromatic N) is 2. The number of benzene rings is 2. The van der Waals surface area contributed by atoms with Crippen molar-refractivity contribution in [2.24, 2.45) is 0 Å². The van der Waals surface area contributed by atoms with Crippen LogP contribution in [0.15, 0.2) is 70.7 Å². The summed E-state index contributed by atoms with van der Waals surface area (Å²) in [6, 6.07) is 13.1. The number of hydrogen-bond donors (Lipinski definition) is 1. The molecule has 0 aliphatic heterocycles. The Hall–Kier alpha value is -2.93. The average molecular weight is 369 g/mol. The van der Waals surface area contributed by atoms with Crippen molar-refractivity contribution in [3.63, 3.8) is 0 Å². The Kier molecular flexibility index (Phi) is 5.48. The van der Waals surface area contributed by atoms with Crippen LogP contribution in [-0.4, -0.2) is 21.2 Å². The Labute approximate surface area is 153 Å². The van der Waals surface area contributed by atoms with E-state index in [1.54, 1.807) is 6.07 Å². The summed E-state index contributed by atoms with van der Waals surface area (Å²) in [5.74, 6) is -0.541. The number of aryl methyl sites for hydroxylation is 1. The molecule has 1 N–H and O–H groups in total. The van der Waals surface area contributed by atoms with Crippen LogP contribution in [0, 0.1) is 12.7 Å². The van der Waals surface area contributed by atoms with E-state index in [0.717, 1.165) is 17.3 Å². The number of aromatic nitrogens is 2. The van der Waals surface area contributed by atoms with Gasteiger partial charge in [0.15, 0.2) is 5.03 Å². The molecule has 0 bridgehead atoms. The van der Waals surface area contributed by atoms with Gasteiger partial charge in [-0.15, -0.1) is 0 Å². The second-order valence-electron chi connectivity index (χ2n) is 5.59. The molecule has 0 aliphatic carbocycles. The molecule has 0 fully saturated rings. The van der Waals surface area contributed by atoms with E-state index in [2.05, 4.69) is 10.3 Å². The topological polar surface area (TPSA) is 64.0 Å². The molecule has 1 amide bonds. The Morgan fingerprint density at radius 3 is 2.73 bits per heavy atom. The summed E-state index contributed by atoms with van der Waals surface area (Å²) >= 11 is 1.06. The summed E-state index contributed by atoms with van der Waals surface area (Å²) < 4.78 is 14.4. The lowest BCUT2D eigenvalue weighted by Crippen LogP contribution is -2.22. The predicted octanol–water partition coefficient (Wildman–Crippen LogP) is 3.41. The van der Waals surface area contributed by atoms with Gasteiger partial charge in [-0.1, -0.05) is 23.9 Å². The second kappa shape index (κ2) is 7.97. The first-order valence-corrected chi connectivity index (χ1v) is 8.84. The second-order valence-corrected chi connectivity index (χ2v) is 6.55. The molecule has 1 aromatic heterocycles. The summed E-state index contributed by atoms with van der Waals surface area (Å²) in [6.07, 6.45) is 2.98. The van der Waals surface area contributed by atoms with Gasteiger partial charge in [-0.3, -0.25) is 14.2 Å². The van der Waals surface area contributed by atoms with Crippen LogP contribution in [0.1, 0.15) is 5.56 Å². The number of hydrogen-bond acceptors (Lipinski definition) is 4. The maximum atomic E-state index is 13.0. The standard InChI is InChI=1S/C19H16FN3O2S/c1-13-3-2-4-15(11-13)22-17(24)12-26-18-19(25)23(10-9-21-18)16-7-5-14(20)6-8-16/h2-11H,12H2,1H3,(H,22,24). The van der Waals surface area contributed by atoms with Gasteiger partial charge >= 0.3 is 0 Å². The van der Waals surface area contributed by atoms with Gasteiger partial charge in [0.2, 0.25) is 5.91 Å². The molecule has 0 radical (unpaired) electrons. The molecule has 0 aliphatic rings. The minimum absolute atomic E-state index is 0.0591. The number of carbonyl (C=O) groups is 1. The quantitative estimate of drug-likeness (QED) is 0.700. The van der Waals surface area contributed by atoms with Crippen molar-refractivity contribution in [2.45, 2.75) is 11.9 Å². The van der Waals surface area contributed by atoms with E-state index < -0.39 is 0 Å². The zero-order chi connectivity index (χ0) is 18.5. The van der Waals surface area contributed by atoms with Crippen LogP contribution in [0.2, 0.25) is 0 Å². The van der Waals surface area contributed by atoms with E-state index in [4.69, 9.17) is 0 Å². The van der Waals surface area contributed by atoms with Gasteiger partial charge in [-0.05, 0) is 48.9 Å². The van der Waals surface area contributed by atoms with Crippen molar-refractivity contribution in [2.75, 3.05) is 11.1 Å². The highest BCUT2D eigenvalue weighted by molar-refractivity contribution is 7.99. The van der Waals surface area contributed by atoms with E-state index in [1.165, 1.54) is 41.2 Å². The fourth-order valence-electron chi connectivity index (χ4n) is 2.35. The number of halogens is 1. The van der Waals surface area contributed by atoms with Gasteiger partial charge in [0.1, 0.15) is 5.82 Å². The van der Waals surface area contributed by atoms with Gasteiger partial charge < -0.3 is 5.32 Å². The zero-order valence-electron chi connectivity index (χ0n) is 14.0. The molecule has 0 unspecified atom stereocenters. The molecule has 5 nitrogen and oxygen atoms in total. The molecule has 1 heterocycles. The van der Waals surface area contributed by atoms with E-state index in [0.29, 0.717) is 11.4 Å². The van der Waals surface area contributed by atoms with E-state index in [-0.39, 0.29) is 28.1 Å². The minimum atomic E-state index is -0.377. The molecule has 3 aromatic rings. The monoisotopic (exact) mass is 369 g/mol. The molecule has 0 saturated heterocycles. The maximum absolute atomic E-state index is 13.0. The predicted molar refractivity (Wildman–Crippen MR) is 100 cm³/mol. The highest BCUT2D eigenvalue weighted by Gasteiger charge is 2.10. The van der Waals surface area contributed by atoms with Crippen LogP contribution in [0.4, 0.5) is 10.1 Å². The van der Waals surface area contributed by atoms with E-state index in [1.807, 2.05) is 25.1 Å². The number of amides is 1. The smallest absolute Gasteiger partial charge is 0.287 e. The molecule has 0 spiro atoms. The van der Waals surface area contributed by atoms with Crippen molar-refractivity contribution in [3.05, 3.63) is 82.7 Å². The fourth-order valence-corrected chi connectivity index (χ4v) is 3.05. The number of anilines is 1. The number of thioether (sulfide) groups is 1. The van der Waals surface area contributed by atoms with E-state index in [9.17, 15) is 14.0 Å². The van der Waals surface area contributed by atoms with Crippen LogP contribution >= 0.6 is 11.8 Å². The summed E-state index contributed by atoms with van der Waals surface area (Å²) in [6.45, 7) is 1.94. The summed E-state index contributed by atoms with van der Waals surface area (Å²) in [5.41, 5.74) is 1.93. The van der Waals surface area contributed by atoms with Crippen molar-refractivity contribution in [1.29, 1.82) is 0 Å². The first-order chi connectivity index (χ1) is 12.5. The first kappa shape index (κ1) is 17.9. The van der Waals surface area contributed by atoms with Crippen LogP contribution in [0.3, 0.4) is 0 Å². The fraction of sp³-hybridized carbons (Fsp3) is 0.105. The Bertz CT molecular complexity index is 987. The molecular weight excluding hydrogens is 353 g/mol. The summed E-state index contributed by atoms with van der Waals surface area (Å²) in [4.78, 5) is 28.7. The Morgan fingerprint density at radius 2 is 2.00 bits per heavy atom. The zero-order valence-corrected chi connectivity index (χ0v) is 14.8. The third-order valence-electron chi connectivity index (χ3n) is 3.56. The van der Waals surface area contributed by atoms with Crippen molar-refractivity contribution >= 4 is 23.4 Å². The molecular formula is C19H16FN3O2S. The lowest BCUT2D eigenvalue weighted by atomic mass is 10.2. The van der Waals surface area contributed by atoms with Gasteiger partial charge in [0, 0.05) is 23.8 Å². The number of carbonyl (C=O) groups excluding carboxylic acids is 1. The van der Waals surface area contributed by atoms with Gasteiger partial charge in [-0.25, -0.2) is 9.37 Å². The summed E-state index contributed by atoms with van der Waals surface area (Å²) in [5, 5.41) is 2.99. The lowest BCUT2D eigenvalue weighted by Gasteiger charge is -2.08. The van der Waals surface area contributed by atoms with Crippen molar-refractivity contribution in [1.82, 2.24) is 9.55 Å². The highest BCUT2D eigenvalue weighted by atomic mass is 32.2. The van der Waals surface area contributed by atoms with Crippen molar-refractivity contribution < 1.29 is 9.18 Å². The van der Waals surface area contributed by atoms with Crippen LogP contribution in [-0.2, 0) is 4.79 Å². The van der Waals surface area contributed by atoms with Crippen LogP contribution in [0.25, 0.3) is 5.69 Å². The van der Waals surface area contributed by atoms with Crippen molar-refractivity contribution in [3.8, 4) is 5.69 Å². The molecule has 132 valence electrons. The number of nitrogens with one attached hydrogen (secondary N) is 1. The molecule has 7 heteroatoms. The third kappa shape index (κ3) is 4.37. The molecule has 3 rings (SSSR count). The van der Waals surface area contributed by atoms with E-state index >= 15 is 0 Å². The maximum Gasteiger partial charge on any atom is 0.287 e. The van der Waals surface area contributed by atoms with Gasteiger partial charge in [0.25, 0.3) is 5.56 Å². The third-order valence-corrected chi connectivity index (χ3v) is 4.52. The largest absolute Gasteiger partial charge is 0.325 e. The normalized spacial score (nSPS) is 10.5. The summed E-state index contributed by atoms with van der Waals surface area (Å²) in [7, 11) is 0. The highest BCUT2D eigenvalue weighted by Crippen LogP contribution is 2.14. The Balaban J connectivity index is 1.70. The molecule has 0 atom stereocenters. The SMILES string of the molecule is Cc1cccc(NC(=O)CSc2nccn(-c3ccc(F)cc3)c2=O)c1. The molecule has 0 saturated carbocycles. The molecule has 26 heavy (non-hydrogen) atoms.